The zero-order valence-electron chi connectivity index (χ0n) is 17.5. The van der Waals surface area contributed by atoms with Crippen molar-refractivity contribution in [2.75, 3.05) is 33.5 Å². The lowest BCUT2D eigenvalue weighted by molar-refractivity contribution is -0.123. The van der Waals surface area contributed by atoms with Gasteiger partial charge in [-0.1, -0.05) is 6.07 Å². The molecule has 1 heterocycles. The van der Waals surface area contributed by atoms with Gasteiger partial charge < -0.3 is 24.3 Å². The van der Waals surface area contributed by atoms with Crippen molar-refractivity contribution >= 4 is 5.91 Å². The Kier molecular flexibility index (Phi) is 8.05. The molecule has 8 heteroatoms. The zero-order chi connectivity index (χ0) is 21.9. The van der Waals surface area contributed by atoms with Gasteiger partial charge in [-0.3, -0.25) is 4.79 Å². The third-order valence-electron chi connectivity index (χ3n) is 4.19. The highest BCUT2D eigenvalue weighted by atomic mass is 16.5. The van der Waals surface area contributed by atoms with Crippen LogP contribution in [0.2, 0.25) is 0 Å². The van der Waals surface area contributed by atoms with E-state index in [9.17, 15) is 4.79 Å². The Morgan fingerprint density at radius 1 is 0.903 bits per heavy atom. The number of carbonyl (C=O) groups is 1. The minimum Gasteiger partial charge on any atom is -0.497 e. The largest absolute Gasteiger partial charge is 0.497 e. The molecule has 0 spiro atoms. The molecule has 0 atom stereocenters. The summed E-state index contributed by atoms with van der Waals surface area (Å²) < 4.78 is 21.6. The van der Waals surface area contributed by atoms with Gasteiger partial charge in [-0.2, -0.15) is 0 Å². The first kappa shape index (κ1) is 21.9. The fourth-order valence-corrected chi connectivity index (χ4v) is 2.68. The molecule has 0 aliphatic carbocycles. The number of amides is 1. The van der Waals surface area contributed by atoms with E-state index in [-0.39, 0.29) is 19.1 Å². The van der Waals surface area contributed by atoms with E-state index in [1.165, 1.54) is 0 Å². The molecule has 8 nitrogen and oxygen atoms in total. The maximum atomic E-state index is 11.9. The highest BCUT2D eigenvalue weighted by Crippen LogP contribution is 2.21. The zero-order valence-corrected chi connectivity index (χ0v) is 17.5. The van der Waals surface area contributed by atoms with Crippen LogP contribution in [-0.4, -0.2) is 49.6 Å². The SMILES string of the molecule is CCOc1cccc(OCC(=O)NCCOc2ccc(-c3ccc(OC)cc3)nn2)c1. The third kappa shape index (κ3) is 6.88. The lowest BCUT2D eigenvalue weighted by Gasteiger charge is -2.09. The highest BCUT2D eigenvalue weighted by molar-refractivity contribution is 5.77. The number of hydrogen-bond acceptors (Lipinski definition) is 7. The van der Waals surface area contributed by atoms with Crippen molar-refractivity contribution in [3.05, 3.63) is 60.7 Å². The molecule has 1 amide bonds. The summed E-state index contributed by atoms with van der Waals surface area (Å²) in [5.41, 5.74) is 1.66. The van der Waals surface area contributed by atoms with Gasteiger partial charge in [-0.15, -0.1) is 10.2 Å². The van der Waals surface area contributed by atoms with Crippen molar-refractivity contribution < 1.29 is 23.7 Å². The van der Waals surface area contributed by atoms with Crippen LogP contribution in [0.15, 0.2) is 60.7 Å². The first-order valence-corrected chi connectivity index (χ1v) is 9.91. The molecular weight excluding hydrogens is 398 g/mol. The van der Waals surface area contributed by atoms with Crippen molar-refractivity contribution in [3.8, 4) is 34.4 Å². The number of benzene rings is 2. The van der Waals surface area contributed by atoms with Crippen LogP contribution in [0.1, 0.15) is 6.92 Å². The summed E-state index contributed by atoms with van der Waals surface area (Å²) >= 11 is 0. The summed E-state index contributed by atoms with van der Waals surface area (Å²) in [5.74, 6) is 2.20. The number of nitrogens with one attached hydrogen (secondary N) is 1. The molecular formula is C23H25N3O5. The molecule has 0 aliphatic heterocycles. The first-order chi connectivity index (χ1) is 15.2. The topological polar surface area (TPSA) is 91.8 Å². The monoisotopic (exact) mass is 423 g/mol. The molecule has 162 valence electrons. The molecule has 0 saturated heterocycles. The summed E-state index contributed by atoms with van der Waals surface area (Å²) in [6.07, 6.45) is 0. The fraction of sp³-hybridized carbons (Fsp3) is 0.261. The predicted molar refractivity (Wildman–Crippen MR) is 116 cm³/mol. The Balaban J connectivity index is 1.37. The van der Waals surface area contributed by atoms with Gasteiger partial charge in [0, 0.05) is 17.7 Å². The molecule has 31 heavy (non-hydrogen) atoms. The average Bonchev–Trinajstić information content (AvgIpc) is 2.81. The predicted octanol–water partition coefficient (Wildman–Crippen LogP) is 3.12. The van der Waals surface area contributed by atoms with E-state index in [1.54, 1.807) is 25.3 Å². The van der Waals surface area contributed by atoms with Gasteiger partial charge in [-0.25, -0.2) is 0 Å². The molecule has 3 rings (SSSR count). The molecule has 1 aromatic heterocycles. The molecule has 0 unspecified atom stereocenters. The van der Waals surface area contributed by atoms with Crippen LogP contribution in [0.4, 0.5) is 0 Å². The molecule has 0 saturated carbocycles. The van der Waals surface area contributed by atoms with Crippen LogP contribution >= 0.6 is 0 Å². The second-order valence-corrected chi connectivity index (χ2v) is 6.38. The quantitative estimate of drug-likeness (QED) is 0.474. The summed E-state index contributed by atoms with van der Waals surface area (Å²) in [7, 11) is 1.62. The van der Waals surface area contributed by atoms with Crippen LogP contribution in [0, 0.1) is 0 Å². The van der Waals surface area contributed by atoms with Crippen LogP contribution in [-0.2, 0) is 4.79 Å². The van der Waals surface area contributed by atoms with Gasteiger partial charge >= 0.3 is 0 Å². The van der Waals surface area contributed by atoms with E-state index >= 15 is 0 Å². The Morgan fingerprint density at radius 3 is 2.35 bits per heavy atom. The van der Waals surface area contributed by atoms with E-state index < -0.39 is 0 Å². The number of methoxy groups -OCH3 is 1. The Labute approximate surface area is 181 Å². The van der Waals surface area contributed by atoms with E-state index in [4.69, 9.17) is 18.9 Å². The van der Waals surface area contributed by atoms with Gasteiger partial charge in [0.2, 0.25) is 5.88 Å². The summed E-state index contributed by atoms with van der Waals surface area (Å²) in [6, 6.07) is 18.3. The smallest absolute Gasteiger partial charge is 0.258 e. The van der Waals surface area contributed by atoms with Crippen LogP contribution in [0.5, 0.6) is 23.1 Å². The van der Waals surface area contributed by atoms with Gasteiger partial charge in [0.15, 0.2) is 6.61 Å². The third-order valence-corrected chi connectivity index (χ3v) is 4.19. The van der Waals surface area contributed by atoms with E-state index in [1.807, 2.05) is 49.4 Å². The molecule has 0 aliphatic rings. The lowest BCUT2D eigenvalue weighted by Crippen LogP contribution is -2.32. The molecule has 2 aromatic carbocycles. The number of hydrogen-bond donors (Lipinski definition) is 1. The standard InChI is InChI=1S/C23H25N3O5/c1-3-29-19-5-4-6-20(15-19)31-16-22(27)24-13-14-30-23-12-11-21(25-26-23)17-7-9-18(28-2)10-8-17/h4-12,15H,3,13-14,16H2,1-2H3,(H,24,27). The Hall–Kier alpha value is -3.81. The second kappa shape index (κ2) is 11.4. The summed E-state index contributed by atoms with van der Waals surface area (Å²) in [6.45, 7) is 2.97. The van der Waals surface area contributed by atoms with Gasteiger partial charge in [0.1, 0.15) is 23.9 Å². The minimum absolute atomic E-state index is 0.0913. The van der Waals surface area contributed by atoms with Crippen LogP contribution in [0.3, 0.4) is 0 Å². The molecule has 0 fully saturated rings. The summed E-state index contributed by atoms with van der Waals surface area (Å²) in [4.78, 5) is 11.9. The maximum Gasteiger partial charge on any atom is 0.258 e. The molecule has 0 radical (unpaired) electrons. The maximum absolute atomic E-state index is 11.9. The lowest BCUT2D eigenvalue weighted by atomic mass is 10.1. The van der Waals surface area contributed by atoms with E-state index in [2.05, 4.69) is 15.5 Å². The van der Waals surface area contributed by atoms with E-state index in [0.717, 1.165) is 17.0 Å². The molecule has 0 bridgehead atoms. The number of ether oxygens (including phenoxy) is 4. The van der Waals surface area contributed by atoms with Gasteiger partial charge in [0.05, 0.1) is 26.0 Å². The Bertz CT molecular complexity index is 962. The van der Waals surface area contributed by atoms with Crippen molar-refractivity contribution in [2.45, 2.75) is 6.92 Å². The number of rotatable bonds is 11. The minimum atomic E-state index is -0.244. The normalized spacial score (nSPS) is 10.3. The summed E-state index contributed by atoms with van der Waals surface area (Å²) in [5, 5.41) is 11.0. The number of carbonyl (C=O) groups excluding carboxylic acids is 1. The Morgan fingerprint density at radius 2 is 1.68 bits per heavy atom. The second-order valence-electron chi connectivity index (χ2n) is 6.38. The van der Waals surface area contributed by atoms with Crippen molar-refractivity contribution in [3.63, 3.8) is 0 Å². The highest BCUT2D eigenvalue weighted by Gasteiger charge is 2.05. The van der Waals surface area contributed by atoms with Crippen LogP contribution < -0.4 is 24.3 Å². The van der Waals surface area contributed by atoms with Gasteiger partial charge in [-0.05, 0) is 49.4 Å². The van der Waals surface area contributed by atoms with Crippen molar-refractivity contribution in [1.82, 2.24) is 15.5 Å². The van der Waals surface area contributed by atoms with Crippen molar-refractivity contribution in [2.24, 2.45) is 0 Å². The van der Waals surface area contributed by atoms with Crippen LogP contribution in [0.25, 0.3) is 11.3 Å². The van der Waals surface area contributed by atoms with Gasteiger partial charge in [0.25, 0.3) is 5.91 Å². The number of nitrogens with zero attached hydrogens (tertiary/aromatic N) is 2. The first-order valence-electron chi connectivity index (χ1n) is 9.91. The molecule has 1 N–H and O–H groups in total. The molecule has 3 aromatic rings. The number of aromatic nitrogens is 2. The van der Waals surface area contributed by atoms with E-state index in [0.29, 0.717) is 30.5 Å². The average molecular weight is 423 g/mol. The fourth-order valence-electron chi connectivity index (χ4n) is 2.68. The van der Waals surface area contributed by atoms with Crippen molar-refractivity contribution in [1.29, 1.82) is 0 Å².